The number of amides is 1. The summed E-state index contributed by atoms with van der Waals surface area (Å²) in [5.41, 5.74) is 1.38. The molecule has 2 rings (SSSR count). The molecule has 3 nitrogen and oxygen atoms in total. The number of nitrogens with zero attached hydrogens (tertiary/aromatic N) is 1. The van der Waals surface area contributed by atoms with E-state index in [-0.39, 0.29) is 5.91 Å². The van der Waals surface area contributed by atoms with Crippen molar-refractivity contribution in [1.29, 1.82) is 0 Å². The molecule has 0 fully saturated rings. The number of para-hydroxylation sites is 1. The Hall–Kier alpha value is -2.29. The number of rotatable bonds is 5. The number of hydrogen-bond acceptors (Lipinski definition) is 2. The van der Waals surface area contributed by atoms with Gasteiger partial charge in [0.25, 0.3) is 0 Å². The molecule has 0 N–H and O–H groups in total. The molecule has 0 atom stereocenters. The van der Waals surface area contributed by atoms with Crippen LogP contribution in [0.2, 0.25) is 0 Å². The van der Waals surface area contributed by atoms with Gasteiger partial charge in [0.2, 0.25) is 5.91 Å². The maximum absolute atomic E-state index is 12.9. The fourth-order valence-electron chi connectivity index (χ4n) is 2.68. The Balaban J connectivity index is 2.23. The normalized spacial score (nSPS) is 11.1. The smallest absolute Gasteiger partial charge is 0.232 e. The standard InChI is InChI=1S/C19H23NO2/c1-19(2,16-12-8-9-13-17(16)22-4)18(21)20(3)14-15-10-6-5-7-11-15/h5-13H,14H2,1-4H3. The van der Waals surface area contributed by atoms with Crippen LogP contribution in [0.4, 0.5) is 0 Å². The second kappa shape index (κ2) is 6.65. The molecule has 0 spiro atoms. The highest BCUT2D eigenvalue weighted by atomic mass is 16.5. The second-order valence-corrected chi connectivity index (χ2v) is 5.97. The van der Waals surface area contributed by atoms with Gasteiger partial charge >= 0.3 is 0 Å². The molecule has 0 aliphatic heterocycles. The van der Waals surface area contributed by atoms with Crippen molar-refractivity contribution in [2.75, 3.05) is 14.2 Å². The molecule has 22 heavy (non-hydrogen) atoms. The Morgan fingerprint density at radius 1 is 1.05 bits per heavy atom. The van der Waals surface area contributed by atoms with E-state index in [0.717, 1.165) is 16.9 Å². The molecule has 0 saturated carbocycles. The van der Waals surface area contributed by atoms with Crippen LogP contribution in [0, 0.1) is 0 Å². The zero-order valence-electron chi connectivity index (χ0n) is 13.7. The van der Waals surface area contributed by atoms with Crippen LogP contribution in [-0.2, 0) is 16.8 Å². The number of methoxy groups -OCH3 is 1. The number of carbonyl (C=O) groups is 1. The summed E-state index contributed by atoms with van der Waals surface area (Å²) in [6.07, 6.45) is 0. The molecular weight excluding hydrogens is 274 g/mol. The second-order valence-electron chi connectivity index (χ2n) is 5.97. The van der Waals surface area contributed by atoms with Gasteiger partial charge in [0.1, 0.15) is 5.75 Å². The van der Waals surface area contributed by atoms with E-state index in [2.05, 4.69) is 0 Å². The van der Waals surface area contributed by atoms with Crippen LogP contribution < -0.4 is 4.74 Å². The molecule has 0 heterocycles. The number of carbonyl (C=O) groups excluding carboxylic acids is 1. The third kappa shape index (κ3) is 3.30. The first kappa shape index (κ1) is 16.1. The summed E-state index contributed by atoms with van der Waals surface area (Å²) in [5, 5.41) is 0. The predicted octanol–water partition coefficient (Wildman–Crippen LogP) is 3.63. The fraction of sp³-hybridized carbons (Fsp3) is 0.316. The maximum Gasteiger partial charge on any atom is 0.232 e. The van der Waals surface area contributed by atoms with Gasteiger partial charge in [-0.15, -0.1) is 0 Å². The molecule has 0 aliphatic rings. The van der Waals surface area contributed by atoms with E-state index in [9.17, 15) is 4.79 Å². The first-order chi connectivity index (χ1) is 10.5. The molecule has 2 aromatic carbocycles. The SMILES string of the molecule is COc1ccccc1C(C)(C)C(=O)N(C)Cc1ccccc1. The van der Waals surface area contributed by atoms with Crippen LogP contribution in [0.5, 0.6) is 5.75 Å². The monoisotopic (exact) mass is 297 g/mol. The van der Waals surface area contributed by atoms with Gasteiger partial charge in [-0.3, -0.25) is 4.79 Å². The molecule has 116 valence electrons. The zero-order valence-corrected chi connectivity index (χ0v) is 13.7. The average Bonchev–Trinajstić information content (AvgIpc) is 2.54. The maximum atomic E-state index is 12.9. The third-order valence-corrected chi connectivity index (χ3v) is 3.92. The minimum absolute atomic E-state index is 0.0702. The summed E-state index contributed by atoms with van der Waals surface area (Å²) in [5.74, 6) is 0.815. The molecule has 0 aromatic heterocycles. The van der Waals surface area contributed by atoms with Gasteiger partial charge in [0, 0.05) is 19.2 Å². The van der Waals surface area contributed by atoms with Crippen LogP contribution >= 0.6 is 0 Å². The first-order valence-corrected chi connectivity index (χ1v) is 7.40. The fourth-order valence-corrected chi connectivity index (χ4v) is 2.68. The number of hydrogen-bond donors (Lipinski definition) is 0. The lowest BCUT2D eigenvalue weighted by Gasteiger charge is -2.31. The van der Waals surface area contributed by atoms with Crippen molar-refractivity contribution in [2.45, 2.75) is 25.8 Å². The zero-order chi connectivity index (χ0) is 16.2. The molecule has 0 unspecified atom stereocenters. The van der Waals surface area contributed by atoms with Crippen molar-refractivity contribution >= 4 is 5.91 Å². The molecule has 0 bridgehead atoms. The largest absolute Gasteiger partial charge is 0.496 e. The van der Waals surface area contributed by atoms with Gasteiger partial charge in [0.05, 0.1) is 12.5 Å². The summed E-state index contributed by atoms with van der Waals surface area (Å²) < 4.78 is 5.41. The topological polar surface area (TPSA) is 29.5 Å². The van der Waals surface area contributed by atoms with E-state index in [4.69, 9.17) is 4.74 Å². The van der Waals surface area contributed by atoms with Crippen molar-refractivity contribution < 1.29 is 9.53 Å². The van der Waals surface area contributed by atoms with Gasteiger partial charge in [-0.25, -0.2) is 0 Å². The van der Waals surface area contributed by atoms with Crippen LogP contribution in [0.25, 0.3) is 0 Å². The van der Waals surface area contributed by atoms with Gasteiger partial charge in [-0.05, 0) is 25.5 Å². The summed E-state index contributed by atoms with van der Waals surface area (Å²) in [6, 6.07) is 17.7. The van der Waals surface area contributed by atoms with E-state index < -0.39 is 5.41 Å². The number of likely N-dealkylation sites (N-methyl/N-ethyl adjacent to an activating group) is 1. The van der Waals surface area contributed by atoms with Crippen molar-refractivity contribution in [3.8, 4) is 5.75 Å². The van der Waals surface area contributed by atoms with Crippen molar-refractivity contribution in [3.05, 3.63) is 65.7 Å². The molecule has 0 saturated heterocycles. The molecule has 2 aromatic rings. The summed E-state index contributed by atoms with van der Waals surface area (Å²) in [4.78, 5) is 14.7. The van der Waals surface area contributed by atoms with E-state index in [1.807, 2.05) is 75.5 Å². The van der Waals surface area contributed by atoms with Crippen LogP contribution in [0.3, 0.4) is 0 Å². The van der Waals surface area contributed by atoms with E-state index in [1.54, 1.807) is 12.0 Å². The van der Waals surface area contributed by atoms with Gasteiger partial charge < -0.3 is 9.64 Å². The molecule has 0 aliphatic carbocycles. The van der Waals surface area contributed by atoms with Crippen molar-refractivity contribution in [2.24, 2.45) is 0 Å². The number of ether oxygens (including phenoxy) is 1. The highest BCUT2D eigenvalue weighted by Gasteiger charge is 2.34. The molecular formula is C19H23NO2. The Morgan fingerprint density at radius 2 is 1.64 bits per heavy atom. The molecule has 1 amide bonds. The Morgan fingerprint density at radius 3 is 2.27 bits per heavy atom. The summed E-state index contributed by atoms with van der Waals surface area (Å²) >= 11 is 0. The van der Waals surface area contributed by atoms with Crippen molar-refractivity contribution in [3.63, 3.8) is 0 Å². The predicted molar refractivity (Wildman–Crippen MR) is 88.9 cm³/mol. The minimum atomic E-state index is -0.643. The van der Waals surface area contributed by atoms with Crippen molar-refractivity contribution in [1.82, 2.24) is 4.90 Å². The van der Waals surface area contributed by atoms with E-state index >= 15 is 0 Å². The quantitative estimate of drug-likeness (QED) is 0.843. The Labute approximate surface area is 132 Å². The average molecular weight is 297 g/mol. The van der Waals surface area contributed by atoms with Gasteiger partial charge in [-0.2, -0.15) is 0 Å². The third-order valence-electron chi connectivity index (χ3n) is 3.92. The summed E-state index contributed by atoms with van der Waals surface area (Å²) in [6.45, 7) is 4.47. The van der Waals surface area contributed by atoms with Crippen LogP contribution in [-0.4, -0.2) is 25.0 Å². The molecule has 0 radical (unpaired) electrons. The Bertz CT molecular complexity index is 635. The molecule has 3 heteroatoms. The van der Waals surface area contributed by atoms with E-state index in [0.29, 0.717) is 6.54 Å². The minimum Gasteiger partial charge on any atom is -0.496 e. The van der Waals surface area contributed by atoms with Crippen LogP contribution in [0.1, 0.15) is 25.0 Å². The summed E-state index contributed by atoms with van der Waals surface area (Å²) in [7, 11) is 3.47. The van der Waals surface area contributed by atoms with E-state index in [1.165, 1.54) is 0 Å². The lowest BCUT2D eigenvalue weighted by atomic mass is 9.82. The lowest BCUT2D eigenvalue weighted by molar-refractivity contribution is -0.135. The highest BCUT2D eigenvalue weighted by Crippen LogP contribution is 2.33. The van der Waals surface area contributed by atoms with Gasteiger partial charge in [-0.1, -0.05) is 48.5 Å². The Kier molecular flexibility index (Phi) is 4.86. The highest BCUT2D eigenvalue weighted by molar-refractivity contribution is 5.88. The number of benzene rings is 2. The first-order valence-electron chi connectivity index (χ1n) is 7.40. The lowest BCUT2D eigenvalue weighted by Crippen LogP contribution is -2.41. The van der Waals surface area contributed by atoms with Crippen LogP contribution in [0.15, 0.2) is 54.6 Å². The van der Waals surface area contributed by atoms with Gasteiger partial charge in [0.15, 0.2) is 0 Å².